The minimum absolute atomic E-state index is 0.123. The first-order valence-electron chi connectivity index (χ1n) is 18.9. The maximum atomic E-state index is 15.1. The van der Waals surface area contributed by atoms with Crippen molar-refractivity contribution >= 4 is 22.8 Å². The van der Waals surface area contributed by atoms with Gasteiger partial charge in [0, 0.05) is 41.9 Å². The fourth-order valence-electron chi connectivity index (χ4n) is 6.93. The monoisotopic (exact) mass is 747 g/mol. The number of hydrogen-bond donors (Lipinski definition) is 3. The number of nitrogens with zero attached hydrogens (tertiary/aromatic N) is 2. The van der Waals surface area contributed by atoms with Crippen LogP contribution >= 0.6 is 0 Å². The molecule has 0 fully saturated rings. The van der Waals surface area contributed by atoms with Crippen LogP contribution in [0.2, 0.25) is 0 Å². The van der Waals surface area contributed by atoms with E-state index in [9.17, 15) is 14.0 Å². The van der Waals surface area contributed by atoms with E-state index in [0.29, 0.717) is 47.5 Å². The highest BCUT2D eigenvalue weighted by atomic mass is 19.1. The molecule has 0 spiro atoms. The molecule has 282 valence electrons. The Morgan fingerprint density at radius 2 is 1.25 bits per heavy atom. The first-order chi connectivity index (χ1) is 27.2. The third-order valence-electron chi connectivity index (χ3n) is 9.93. The van der Waals surface area contributed by atoms with Crippen LogP contribution in [-0.4, -0.2) is 39.9 Å². The lowest BCUT2D eigenvalue weighted by molar-refractivity contribution is 0.0944. The van der Waals surface area contributed by atoms with Gasteiger partial charge >= 0.3 is 0 Å². The Morgan fingerprint density at radius 3 is 1.93 bits per heavy atom. The van der Waals surface area contributed by atoms with Crippen LogP contribution in [0.4, 0.5) is 8.78 Å². The summed E-state index contributed by atoms with van der Waals surface area (Å²) in [4.78, 5) is 37.9. The molecule has 0 saturated carbocycles. The number of fused-ring (bicyclic) bond motifs is 1. The van der Waals surface area contributed by atoms with Gasteiger partial charge in [-0.3, -0.25) is 14.6 Å². The second-order valence-corrected chi connectivity index (χ2v) is 14.1. The quantitative estimate of drug-likeness (QED) is 0.0966. The Labute approximate surface area is 325 Å². The van der Waals surface area contributed by atoms with E-state index in [1.807, 2.05) is 92.7 Å². The van der Waals surface area contributed by atoms with Crippen molar-refractivity contribution in [1.82, 2.24) is 25.6 Å². The van der Waals surface area contributed by atoms with Crippen molar-refractivity contribution < 1.29 is 18.4 Å². The number of pyridine rings is 1. The number of aryl methyl sites for hydroxylation is 4. The normalized spacial score (nSPS) is 11.1. The van der Waals surface area contributed by atoms with Gasteiger partial charge in [-0.2, -0.15) is 0 Å². The number of hydrogen-bond acceptors (Lipinski definition) is 4. The third-order valence-corrected chi connectivity index (χ3v) is 9.93. The number of carbonyl (C=O) groups excluding carboxylic acids is 2. The van der Waals surface area contributed by atoms with Crippen molar-refractivity contribution in [3.8, 4) is 22.3 Å². The minimum Gasteiger partial charge on any atom is -0.352 e. The van der Waals surface area contributed by atoms with Gasteiger partial charge in [0.05, 0.1) is 22.3 Å². The number of benzene rings is 5. The summed E-state index contributed by atoms with van der Waals surface area (Å²) in [5, 5.41) is 5.99. The van der Waals surface area contributed by atoms with Crippen molar-refractivity contribution in [3.63, 3.8) is 0 Å². The number of halogens is 2. The number of aromatic amines is 1. The number of nitrogens with one attached hydrogen (secondary N) is 3. The molecule has 7 rings (SSSR count). The molecule has 0 aliphatic carbocycles. The Balaban J connectivity index is 0.874. The van der Waals surface area contributed by atoms with Gasteiger partial charge in [0.15, 0.2) is 0 Å². The van der Waals surface area contributed by atoms with Gasteiger partial charge < -0.3 is 15.6 Å². The molecule has 5 aromatic carbocycles. The fourth-order valence-corrected chi connectivity index (χ4v) is 6.93. The maximum absolute atomic E-state index is 15.1. The van der Waals surface area contributed by atoms with E-state index >= 15 is 4.39 Å². The van der Waals surface area contributed by atoms with Gasteiger partial charge in [0.25, 0.3) is 11.8 Å². The zero-order chi connectivity index (χ0) is 39.0. The smallest absolute Gasteiger partial charge is 0.253 e. The Kier molecular flexibility index (Phi) is 11.7. The molecule has 2 amide bonds. The van der Waals surface area contributed by atoms with Crippen LogP contribution in [0.3, 0.4) is 0 Å². The minimum atomic E-state index is -0.302. The second kappa shape index (κ2) is 17.3. The third kappa shape index (κ3) is 9.24. The van der Waals surface area contributed by atoms with Gasteiger partial charge in [0.2, 0.25) is 0 Å². The van der Waals surface area contributed by atoms with E-state index < -0.39 is 0 Å². The zero-order valence-electron chi connectivity index (χ0n) is 31.5. The van der Waals surface area contributed by atoms with Crippen molar-refractivity contribution in [1.29, 1.82) is 0 Å². The lowest BCUT2D eigenvalue weighted by atomic mass is 9.98. The molecule has 2 heterocycles. The van der Waals surface area contributed by atoms with Crippen LogP contribution in [0.15, 0.2) is 121 Å². The van der Waals surface area contributed by atoms with Crippen LogP contribution in [0.5, 0.6) is 0 Å². The highest BCUT2D eigenvalue weighted by molar-refractivity contribution is 5.97. The molecule has 7 aromatic rings. The molecule has 0 aliphatic heterocycles. The van der Waals surface area contributed by atoms with E-state index in [1.165, 1.54) is 12.1 Å². The number of aromatic nitrogens is 3. The van der Waals surface area contributed by atoms with Crippen LogP contribution in [0.1, 0.15) is 67.5 Å². The van der Waals surface area contributed by atoms with E-state index in [4.69, 9.17) is 4.98 Å². The summed E-state index contributed by atoms with van der Waals surface area (Å²) < 4.78 is 29.2. The largest absolute Gasteiger partial charge is 0.352 e. The molecule has 0 unspecified atom stereocenters. The first kappa shape index (κ1) is 37.8. The maximum Gasteiger partial charge on any atom is 0.253 e. The zero-order valence-corrected chi connectivity index (χ0v) is 31.5. The van der Waals surface area contributed by atoms with Crippen LogP contribution in [-0.2, 0) is 19.3 Å². The highest BCUT2D eigenvalue weighted by Crippen LogP contribution is 2.27. The summed E-state index contributed by atoms with van der Waals surface area (Å²) in [7, 11) is 0. The molecule has 0 radical (unpaired) electrons. The molecule has 2 aromatic heterocycles. The SMILES string of the molecule is Cc1nc2ccc(C(=O)NCCCc3ccc(-c4cc(Cc5ccc(C(=O)NCCCc6ccc(-c7ccccc7F)cc6)c(C)n5)ccc4F)cc3)cc2[nH]1. The lowest BCUT2D eigenvalue weighted by Crippen LogP contribution is -2.26. The Hall–Kier alpha value is -6.48. The number of H-pyrrole nitrogens is 1. The van der Waals surface area contributed by atoms with Crippen LogP contribution in [0.25, 0.3) is 33.3 Å². The van der Waals surface area contributed by atoms with Gasteiger partial charge in [0.1, 0.15) is 17.5 Å². The number of rotatable bonds is 14. The molecule has 0 bridgehead atoms. The van der Waals surface area contributed by atoms with E-state index in [2.05, 4.69) is 20.6 Å². The molecule has 7 nitrogen and oxygen atoms in total. The first-order valence-corrected chi connectivity index (χ1v) is 18.9. The van der Waals surface area contributed by atoms with Gasteiger partial charge in [-0.05, 0) is 116 Å². The second-order valence-electron chi connectivity index (χ2n) is 14.1. The molecule has 3 N–H and O–H groups in total. The summed E-state index contributed by atoms with van der Waals surface area (Å²) in [6, 6.07) is 36.6. The summed E-state index contributed by atoms with van der Waals surface area (Å²) in [6.45, 7) is 4.75. The van der Waals surface area contributed by atoms with Crippen molar-refractivity contribution in [2.24, 2.45) is 0 Å². The Bertz CT molecular complexity index is 2490. The van der Waals surface area contributed by atoms with Crippen molar-refractivity contribution in [2.45, 2.75) is 46.0 Å². The average Bonchev–Trinajstić information content (AvgIpc) is 3.59. The molecule has 0 aliphatic rings. The van der Waals surface area contributed by atoms with Crippen molar-refractivity contribution in [2.75, 3.05) is 13.1 Å². The van der Waals surface area contributed by atoms with E-state index in [-0.39, 0.29) is 23.4 Å². The molecule has 0 atom stereocenters. The standard InChI is InChI=1S/C47H43F2N5O2/c1-30-39(47(56)51-26-6-8-32-11-16-35(17-12-32)40-9-3-4-10-42(40)48)22-21-38(52-30)27-34-15-23-43(49)41(28-34)36-18-13-33(14-19-36)7-5-25-50-46(55)37-20-24-44-45(29-37)54-31(2)53-44/h3-4,9-24,28-29H,5-8,25-27H2,1-2H3,(H,50,55)(H,51,56)(H,53,54). The van der Waals surface area contributed by atoms with Crippen LogP contribution < -0.4 is 10.6 Å². The predicted molar refractivity (Wildman–Crippen MR) is 218 cm³/mol. The number of amides is 2. The van der Waals surface area contributed by atoms with Crippen molar-refractivity contribution in [3.05, 3.63) is 178 Å². The summed E-state index contributed by atoms with van der Waals surface area (Å²) >= 11 is 0. The molecule has 0 saturated heterocycles. The lowest BCUT2D eigenvalue weighted by Gasteiger charge is -2.11. The van der Waals surface area contributed by atoms with Gasteiger partial charge in [-0.15, -0.1) is 0 Å². The topological polar surface area (TPSA) is 99.8 Å². The molecule has 9 heteroatoms. The van der Waals surface area contributed by atoms with E-state index in [0.717, 1.165) is 76.1 Å². The summed E-state index contributed by atoms with van der Waals surface area (Å²) in [5.74, 6) is -0.0314. The highest BCUT2D eigenvalue weighted by Gasteiger charge is 2.13. The molecular formula is C47H43F2N5O2. The number of imidazole rings is 1. The summed E-state index contributed by atoms with van der Waals surface area (Å²) in [6.07, 6.45) is 3.57. The number of carbonyl (C=O) groups is 2. The summed E-state index contributed by atoms with van der Waals surface area (Å²) in [5.41, 5.74) is 10.0. The van der Waals surface area contributed by atoms with Gasteiger partial charge in [-0.25, -0.2) is 13.8 Å². The molecular weight excluding hydrogens is 705 g/mol. The van der Waals surface area contributed by atoms with Crippen LogP contribution in [0, 0.1) is 25.5 Å². The van der Waals surface area contributed by atoms with E-state index in [1.54, 1.807) is 30.3 Å². The predicted octanol–water partition coefficient (Wildman–Crippen LogP) is 9.50. The van der Waals surface area contributed by atoms with Gasteiger partial charge in [-0.1, -0.05) is 72.8 Å². The average molecular weight is 748 g/mol. The Morgan fingerprint density at radius 1 is 0.625 bits per heavy atom. The fraction of sp³-hybridized carbons (Fsp3) is 0.191. The molecule has 56 heavy (non-hydrogen) atoms.